The van der Waals surface area contributed by atoms with Gasteiger partial charge in [-0.3, -0.25) is 14.7 Å². The Morgan fingerprint density at radius 1 is 1.19 bits per heavy atom. The van der Waals surface area contributed by atoms with Gasteiger partial charge in [-0.1, -0.05) is 23.7 Å². The molecule has 0 fully saturated rings. The predicted molar refractivity (Wildman–Crippen MR) is 140 cm³/mol. The average Bonchev–Trinajstić information content (AvgIpc) is 3.32. The smallest absolute Gasteiger partial charge is 0.277 e. The van der Waals surface area contributed by atoms with Gasteiger partial charge in [-0.2, -0.15) is 5.10 Å². The molecule has 0 aliphatic carbocycles. The number of hydrogen-bond acceptors (Lipinski definition) is 5. The summed E-state index contributed by atoms with van der Waals surface area (Å²) in [7, 11) is 1.89. The Morgan fingerprint density at radius 3 is 2.42 bits per heavy atom. The third-order valence-electron chi connectivity index (χ3n) is 6.30. The fraction of sp³-hybridized carbons (Fsp3) is 0.370. The third-order valence-corrected chi connectivity index (χ3v) is 6.55. The van der Waals surface area contributed by atoms with Crippen LogP contribution >= 0.6 is 11.6 Å². The summed E-state index contributed by atoms with van der Waals surface area (Å²) >= 11 is 6.22. The Kier molecular flexibility index (Phi) is 6.96. The molecule has 4 rings (SSSR count). The molecule has 3 aromatic heterocycles. The topological polar surface area (TPSA) is 94.2 Å². The van der Waals surface area contributed by atoms with Crippen LogP contribution in [0.15, 0.2) is 36.7 Å². The van der Waals surface area contributed by atoms with Crippen molar-refractivity contribution < 1.29 is 14.7 Å². The lowest BCUT2D eigenvalue weighted by atomic mass is 9.90. The summed E-state index contributed by atoms with van der Waals surface area (Å²) in [6.07, 6.45) is 2.75. The quantitative estimate of drug-likeness (QED) is 0.267. The SMILES string of the molecule is Cc1nc2c(c(C)c(C)n2Cc2cnn(C)c2)c(-c2ccc(Cl)cc2)c1C(OC(C)(C)C)C(=O)NO. The molecule has 3 heterocycles. The molecule has 0 saturated heterocycles. The van der Waals surface area contributed by atoms with E-state index in [9.17, 15) is 10.0 Å². The standard InChI is InChI=1S/C27H32ClN5O3/c1-15-17(3)33(14-18-12-29-32(7)13-18)25-21(15)23(19-8-10-20(28)11-9-19)22(16(2)30-25)24(26(34)31-35)36-27(4,5)6/h8-13,24,35H,14H2,1-7H3,(H,31,34). The monoisotopic (exact) mass is 509 g/mol. The van der Waals surface area contributed by atoms with E-state index in [4.69, 9.17) is 21.3 Å². The largest absolute Gasteiger partial charge is 0.358 e. The molecule has 1 atom stereocenters. The lowest BCUT2D eigenvalue weighted by Gasteiger charge is -2.29. The Hall–Kier alpha value is -3.20. The number of amides is 1. The summed E-state index contributed by atoms with van der Waals surface area (Å²) in [5.74, 6) is -0.659. The van der Waals surface area contributed by atoms with Crippen molar-refractivity contribution in [2.75, 3.05) is 0 Å². The summed E-state index contributed by atoms with van der Waals surface area (Å²) in [6.45, 7) is 12.2. The Balaban J connectivity index is 2.08. The Morgan fingerprint density at radius 2 is 1.86 bits per heavy atom. The highest BCUT2D eigenvalue weighted by Crippen LogP contribution is 2.42. The van der Waals surface area contributed by atoms with Gasteiger partial charge in [0.2, 0.25) is 0 Å². The van der Waals surface area contributed by atoms with E-state index in [1.165, 1.54) is 0 Å². The molecular formula is C27H32ClN5O3. The van der Waals surface area contributed by atoms with Crippen molar-refractivity contribution in [3.8, 4) is 11.1 Å². The zero-order valence-corrected chi connectivity index (χ0v) is 22.4. The van der Waals surface area contributed by atoms with Crippen molar-refractivity contribution in [3.05, 3.63) is 69.8 Å². The highest BCUT2D eigenvalue weighted by Gasteiger charge is 2.33. The van der Waals surface area contributed by atoms with Crippen LogP contribution in [-0.4, -0.2) is 36.0 Å². The number of aromatic nitrogens is 4. The lowest BCUT2D eigenvalue weighted by molar-refractivity contribution is -0.151. The van der Waals surface area contributed by atoms with Gasteiger partial charge in [0.05, 0.1) is 18.3 Å². The summed E-state index contributed by atoms with van der Waals surface area (Å²) < 4.78 is 10.2. The second-order valence-electron chi connectivity index (χ2n) is 10.1. The van der Waals surface area contributed by atoms with E-state index < -0.39 is 17.6 Å². The first-order chi connectivity index (χ1) is 16.9. The predicted octanol–water partition coefficient (Wildman–Crippen LogP) is 5.43. The van der Waals surface area contributed by atoms with Crippen molar-refractivity contribution in [1.82, 2.24) is 24.8 Å². The molecule has 0 radical (unpaired) electrons. The van der Waals surface area contributed by atoms with Crippen LogP contribution in [0.5, 0.6) is 0 Å². The molecule has 0 bridgehead atoms. The van der Waals surface area contributed by atoms with Gasteiger partial charge in [0.25, 0.3) is 5.91 Å². The maximum absolute atomic E-state index is 13.0. The first kappa shape index (κ1) is 25.9. The van der Waals surface area contributed by atoms with Crippen molar-refractivity contribution in [2.24, 2.45) is 7.05 Å². The molecule has 8 nitrogen and oxygen atoms in total. The second-order valence-corrected chi connectivity index (χ2v) is 10.5. The molecule has 0 aliphatic rings. The number of hydroxylamine groups is 1. The summed E-state index contributed by atoms with van der Waals surface area (Å²) in [6, 6.07) is 7.50. The van der Waals surface area contributed by atoms with Crippen LogP contribution in [0.4, 0.5) is 0 Å². The van der Waals surface area contributed by atoms with Gasteiger partial charge in [-0.25, -0.2) is 10.5 Å². The van der Waals surface area contributed by atoms with Gasteiger partial charge in [0, 0.05) is 51.7 Å². The molecule has 1 unspecified atom stereocenters. The third kappa shape index (κ3) is 4.89. The van der Waals surface area contributed by atoms with E-state index in [-0.39, 0.29) is 0 Å². The molecule has 36 heavy (non-hydrogen) atoms. The first-order valence-electron chi connectivity index (χ1n) is 11.8. The molecule has 1 amide bonds. The molecule has 2 N–H and O–H groups in total. The number of nitrogens with one attached hydrogen (secondary N) is 1. The maximum atomic E-state index is 13.0. The van der Waals surface area contributed by atoms with Gasteiger partial charge in [0.1, 0.15) is 5.65 Å². The zero-order valence-electron chi connectivity index (χ0n) is 21.7. The van der Waals surface area contributed by atoms with Crippen LogP contribution in [0.3, 0.4) is 0 Å². The average molecular weight is 510 g/mol. The van der Waals surface area contributed by atoms with Crippen LogP contribution in [0.1, 0.15) is 55.0 Å². The Labute approximate surface area is 215 Å². The van der Waals surface area contributed by atoms with E-state index >= 15 is 0 Å². The van der Waals surface area contributed by atoms with Crippen LogP contribution in [0.2, 0.25) is 5.02 Å². The minimum Gasteiger partial charge on any atom is -0.358 e. The number of nitrogens with zero attached hydrogens (tertiary/aromatic N) is 4. The highest BCUT2D eigenvalue weighted by atomic mass is 35.5. The molecule has 190 valence electrons. The van der Waals surface area contributed by atoms with E-state index in [0.717, 1.165) is 39.0 Å². The number of hydrogen-bond donors (Lipinski definition) is 2. The second kappa shape index (κ2) is 9.69. The van der Waals surface area contributed by atoms with Crippen molar-refractivity contribution in [1.29, 1.82) is 0 Å². The van der Waals surface area contributed by atoms with Crippen LogP contribution in [0, 0.1) is 20.8 Å². The zero-order chi connectivity index (χ0) is 26.4. The van der Waals surface area contributed by atoms with Crippen molar-refractivity contribution in [2.45, 2.75) is 59.8 Å². The summed E-state index contributed by atoms with van der Waals surface area (Å²) in [5.41, 5.74) is 8.05. The van der Waals surface area contributed by atoms with Gasteiger partial charge >= 0.3 is 0 Å². The van der Waals surface area contributed by atoms with Gasteiger partial charge < -0.3 is 9.30 Å². The number of carbonyl (C=O) groups excluding carboxylic acids is 1. The van der Waals surface area contributed by atoms with Crippen LogP contribution < -0.4 is 5.48 Å². The molecule has 9 heteroatoms. The maximum Gasteiger partial charge on any atom is 0.277 e. The minimum absolute atomic E-state index is 0.605. The first-order valence-corrected chi connectivity index (χ1v) is 12.1. The molecule has 0 spiro atoms. The van der Waals surface area contributed by atoms with Crippen LogP contribution in [-0.2, 0) is 23.1 Å². The minimum atomic E-state index is -1.08. The number of fused-ring (bicyclic) bond motifs is 1. The van der Waals surface area contributed by atoms with E-state index in [0.29, 0.717) is 22.8 Å². The number of aryl methyl sites for hydroxylation is 3. The lowest BCUT2D eigenvalue weighted by Crippen LogP contribution is -2.34. The number of benzene rings is 1. The number of ether oxygens (including phenoxy) is 1. The summed E-state index contributed by atoms with van der Waals surface area (Å²) in [4.78, 5) is 18.0. The number of carbonyl (C=O) groups is 1. The Bertz CT molecular complexity index is 1430. The van der Waals surface area contributed by atoms with E-state index in [2.05, 4.69) is 23.5 Å². The highest BCUT2D eigenvalue weighted by molar-refractivity contribution is 6.30. The van der Waals surface area contributed by atoms with Crippen molar-refractivity contribution >= 4 is 28.5 Å². The van der Waals surface area contributed by atoms with Gasteiger partial charge in [-0.05, 0) is 64.8 Å². The van der Waals surface area contributed by atoms with E-state index in [1.807, 2.05) is 71.4 Å². The molecular weight excluding hydrogens is 478 g/mol. The van der Waals surface area contributed by atoms with Gasteiger partial charge in [0.15, 0.2) is 6.10 Å². The molecule has 4 aromatic rings. The molecule has 0 aliphatic heterocycles. The number of halogens is 1. The summed E-state index contributed by atoms with van der Waals surface area (Å²) in [5, 5.41) is 15.4. The molecule has 1 aromatic carbocycles. The number of rotatable bonds is 6. The van der Waals surface area contributed by atoms with Gasteiger partial charge in [-0.15, -0.1) is 0 Å². The van der Waals surface area contributed by atoms with Crippen LogP contribution in [0.25, 0.3) is 22.2 Å². The fourth-order valence-electron chi connectivity index (χ4n) is 4.62. The normalized spacial score (nSPS) is 12.8. The van der Waals surface area contributed by atoms with E-state index in [1.54, 1.807) is 10.2 Å². The fourth-order valence-corrected chi connectivity index (χ4v) is 4.74. The number of pyridine rings is 1. The molecule has 0 saturated carbocycles. The van der Waals surface area contributed by atoms with Crippen molar-refractivity contribution in [3.63, 3.8) is 0 Å².